The van der Waals surface area contributed by atoms with Crippen LogP contribution in [-0.4, -0.2) is 32.6 Å². The summed E-state index contributed by atoms with van der Waals surface area (Å²) in [5.74, 6) is 5.76. The minimum atomic E-state index is -4.55. The molecule has 0 bridgehead atoms. The quantitative estimate of drug-likeness (QED) is 0.141. The highest BCUT2D eigenvalue weighted by Crippen LogP contribution is 2.51. The van der Waals surface area contributed by atoms with Crippen molar-refractivity contribution in [2.75, 3.05) is 7.05 Å². The predicted octanol–water partition coefficient (Wildman–Crippen LogP) is 7.08. The Hall–Kier alpha value is -3.99. The van der Waals surface area contributed by atoms with Crippen molar-refractivity contribution in [1.82, 2.24) is 19.8 Å². The van der Waals surface area contributed by atoms with E-state index in [1.165, 1.54) is 30.0 Å². The van der Waals surface area contributed by atoms with Gasteiger partial charge in [0.2, 0.25) is 0 Å². The van der Waals surface area contributed by atoms with Crippen molar-refractivity contribution in [1.29, 1.82) is 0 Å². The monoisotopic (exact) mass is 612 g/mol. The smallest absolute Gasteiger partial charge is 0.401 e. The number of hydrogen-bond donors (Lipinski definition) is 2. The van der Waals surface area contributed by atoms with E-state index >= 15 is 0 Å². The zero-order valence-corrected chi connectivity index (χ0v) is 25.5. The molecule has 0 radical (unpaired) electrons. The highest BCUT2D eigenvalue weighted by Gasteiger charge is 2.49. The number of aromatic nitrogens is 3. The van der Waals surface area contributed by atoms with Crippen molar-refractivity contribution in [3.8, 4) is 5.69 Å². The van der Waals surface area contributed by atoms with Crippen LogP contribution in [0.5, 0.6) is 0 Å². The molecule has 0 aliphatic heterocycles. The number of nitrogens with zero attached hydrogens (tertiary/aromatic N) is 4. The maximum atomic E-state index is 13.8. The summed E-state index contributed by atoms with van der Waals surface area (Å²) in [6, 6.07) is 7.70. The molecular formula is C33H40F4N6O. The summed E-state index contributed by atoms with van der Waals surface area (Å²) in [7, 11) is 1.72. The van der Waals surface area contributed by atoms with E-state index in [9.17, 15) is 22.4 Å². The Labute approximate surface area is 255 Å². The molecule has 2 atom stereocenters. The number of allylic oxidation sites excluding steroid dienone is 2. The third-order valence-electron chi connectivity index (χ3n) is 8.01. The van der Waals surface area contributed by atoms with Crippen LogP contribution in [0.15, 0.2) is 66.3 Å². The summed E-state index contributed by atoms with van der Waals surface area (Å²) < 4.78 is 54.9. The largest absolute Gasteiger partial charge is 0.416 e. The van der Waals surface area contributed by atoms with Gasteiger partial charge in [-0.25, -0.2) is 14.9 Å². The van der Waals surface area contributed by atoms with Crippen LogP contribution >= 0.6 is 0 Å². The van der Waals surface area contributed by atoms with Gasteiger partial charge in [0, 0.05) is 25.1 Å². The maximum Gasteiger partial charge on any atom is 0.416 e. The number of halogens is 4. The third kappa shape index (κ3) is 7.93. The number of alkyl halides is 3. The molecule has 4 N–H and O–H groups in total. The van der Waals surface area contributed by atoms with E-state index in [4.69, 9.17) is 11.6 Å². The standard InChI is InChI=1S/C25H21F4N3O.C4H11N3.C4H8/c1-15-2-3-17-11-22-16(14-31-32(22)20-6-4-19(26)5-7-20)13-24(17,12-15)23(33)21-10-18(8-9-30-21)25(27,28)29;1-4(5)3-7(2)6;1-4-2-3-4/h4-11,14-15H,2-3,12-13H2,1H3;3H,5-6H2,1-2H3;4H,2-3H2,1H3/b;4-3-;/t15-,24+;;/m0../s1. The summed E-state index contributed by atoms with van der Waals surface area (Å²) in [6.07, 6.45) is 7.16. The number of Topliss-reactive ketones (excluding diaryl/α,β-unsaturated/α-hetero) is 1. The van der Waals surface area contributed by atoms with Gasteiger partial charge in [0.05, 0.1) is 28.6 Å². The highest BCUT2D eigenvalue weighted by atomic mass is 19.4. The molecule has 236 valence electrons. The van der Waals surface area contributed by atoms with Gasteiger partial charge in [-0.1, -0.05) is 32.3 Å². The molecule has 44 heavy (non-hydrogen) atoms. The average Bonchev–Trinajstić information content (AvgIpc) is 3.64. The number of pyridine rings is 1. The topological polar surface area (TPSA) is 103 Å². The molecule has 0 unspecified atom stereocenters. The molecule has 11 heteroatoms. The molecule has 0 amide bonds. The van der Waals surface area contributed by atoms with E-state index in [0.29, 0.717) is 30.6 Å². The van der Waals surface area contributed by atoms with E-state index in [1.54, 1.807) is 43.2 Å². The second-order valence-corrected chi connectivity index (χ2v) is 12.2. The second-order valence-electron chi connectivity index (χ2n) is 12.2. The lowest BCUT2D eigenvalue weighted by atomic mass is 9.59. The zero-order chi connectivity index (χ0) is 32.2. The number of carbonyl (C=O) groups is 1. The molecule has 3 aromatic rings. The summed E-state index contributed by atoms with van der Waals surface area (Å²) in [4.78, 5) is 17.8. The van der Waals surface area contributed by atoms with E-state index in [-0.39, 0.29) is 23.2 Å². The lowest BCUT2D eigenvalue weighted by molar-refractivity contribution is -0.137. The molecule has 2 aromatic heterocycles. The van der Waals surface area contributed by atoms with Gasteiger partial charge in [-0.15, -0.1) is 0 Å². The molecule has 2 fully saturated rings. The van der Waals surface area contributed by atoms with E-state index < -0.39 is 17.2 Å². The number of rotatable bonds is 4. The van der Waals surface area contributed by atoms with Gasteiger partial charge >= 0.3 is 6.18 Å². The van der Waals surface area contributed by atoms with Gasteiger partial charge in [0.1, 0.15) is 11.5 Å². The predicted molar refractivity (Wildman–Crippen MR) is 163 cm³/mol. The molecule has 1 aromatic carbocycles. The Kier molecular flexibility index (Phi) is 9.98. The second kappa shape index (κ2) is 13.3. The summed E-state index contributed by atoms with van der Waals surface area (Å²) in [6.45, 7) is 6.12. The van der Waals surface area contributed by atoms with Crippen molar-refractivity contribution in [2.45, 2.75) is 65.5 Å². The van der Waals surface area contributed by atoms with Crippen LogP contribution in [-0.2, 0) is 12.6 Å². The Morgan fingerprint density at radius 2 is 1.77 bits per heavy atom. The van der Waals surface area contributed by atoms with E-state index in [1.807, 2.05) is 6.08 Å². The number of ketones is 1. The zero-order valence-electron chi connectivity index (χ0n) is 25.5. The number of hydrogen-bond acceptors (Lipinski definition) is 6. The minimum Gasteiger partial charge on any atom is -0.401 e. The maximum absolute atomic E-state index is 13.8. The van der Waals surface area contributed by atoms with Crippen molar-refractivity contribution >= 4 is 11.9 Å². The molecule has 2 heterocycles. The van der Waals surface area contributed by atoms with Crippen LogP contribution in [0.3, 0.4) is 0 Å². The van der Waals surface area contributed by atoms with Crippen LogP contribution < -0.4 is 11.6 Å². The first-order valence-corrected chi connectivity index (χ1v) is 14.7. The van der Waals surface area contributed by atoms with Gasteiger partial charge in [0.15, 0.2) is 5.78 Å². The molecule has 3 aliphatic carbocycles. The Morgan fingerprint density at radius 1 is 1.11 bits per heavy atom. The van der Waals surface area contributed by atoms with E-state index in [2.05, 4.69) is 23.9 Å². The van der Waals surface area contributed by atoms with Crippen LogP contribution in [0.1, 0.15) is 80.2 Å². The fourth-order valence-corrected chi connectivity index (χ4v) is 5.61. The normalized spacial score (nSPS) is 21.0. The van der Waals surface area contributed by atoms with Gasteiger partial charge in [0.25, 0.3) is 0 Å². The summed E-state index contributed by atoms with van der Waals surface area (Å²) >= 11 is 0. The van der Waals surface area contributed by atoms with Crippen LogP contribution in [0, 0.1) is 23.1 Å². The van der Waals surface area contributed by atoms with Gasteiger partial charge < -0.3 is 10.7 Å². The Bertz CT molecular complexity index is 1520. The Morgan fingerprint density at radius 3 is 2.32 bits per heavy atom. The van der Waals surface area contributed by atoms with Gasteiger partial charge in [-0.05, 0) is 92.5 Å². The van der Waals surface area contributed by atoms with Gasteiger partial charge in [-0.2, -0.15) is 18.3 Å². The summed E-state index contributed by atoms with van der Waals surface area (Å²) in [5, 5.41) is 5.87. The molecule has 3 aliphatic rings. The number of benzene rings is 1. The first-order valence-electron chi connectivity index (χ1n) is 14.7. The highest BCUT2D eigenvalue weighted by molar-refractivity contribution is 6.02. The molecule has 0 spiro atoms. The fraction of sp³-hybridized carbons (Fsp3) is 0.424. The lowest BCUT2D eigenvalue weighted by Gasteiger charge is -2.43. The van der Waals surface area contributed by atoms with E-state index in [0.717, 1.165) is 47.5 Å². The molecule has 6 rings (SSSR count). The van der Waals surface area contributed by atoms with Crippen LogP contribution in [0.4, 0.5) is 17.6 Å². The van der Waals surface area contributed by atoms with Crippen molar-refractivity contribution in [2.24, 2.45) is 28.8 Å². The van der Waals surface area contributed by atoms with Crippen molar-refractivity contribution < 1.29 is 22.4 Å². The SMILES string of the molecule is C/C(N)=C/N(C)N.CC1CC1.C[C@H]1CCC2=Cc3c(cnn3-c3ccc(F)cc3)C[C@]2(C(=O)c2cc(C(F)(F)F)ccn2)C1. The Balaban J connectivity index is 0.000000341. The number of nitrogens with two attached hydrogens (primary N) is 2. The minimum absolute atomic E-state index is 0.167. The first kappa shape index (κ1) is 32.9. The van der Waals surface area contributed by atoms with Gasteiger partial charge in [-0.3, -0.25) is 9.78 Å². The van der Waals surface area contributed by atoms with Crippen LogP contribution in [0.2, 0.25) is 0 Å². The number of carbonyl (C=O) groups excluding carboxylic acids is 1. The third-order valence-corrected chi connectivity index (χ3v) is 8.01. The number of fused-ring (bicyclic) bond motifs is 2. The molecule has 7 nitrogen and oxygen atoms in total. The average molecular weight is 613 g/mol. The lowest BCUT2D eigenvalue weighted by Crippen LogP contribution is -2.42. The first-order chi connectivity index (χ1) is 20.7. The fourth-order valence-electron chi connectivity index (χ4n) is 5.61. The summed E-state index contributed by atoms with van der Waals surface area (Å²) in [5.41, 5.74) is 7.17. The number of hydrazine groups is 1. The molecule has 0 saturated heterocycles. The molecule has 2 saturated carbocycles. The van der Waals surface area contributed by atoms with Crippen molar-refractivity contribution in [3.05, 3.63) is 94.6 Å². The molecular weight excluding hydrogens is 572 g/mol. The van der Waals surface area contributed by atoms with Crippen molar-refractivity contribution in [3.63, 3.8) is 0 Å². The van der Waals surface area contributed by atoms with Crippen LogP contribution in [0.25, 0.3) is 11.8 Å².